The second kappa shape index (κ2) is 12.2. The molecule has 0 aliphatic carbocycles. The molecule has 1 fully saturated rings. The van der Waals surface area contributed by atoms with Crippen molar-refractivity contribution in [3.63, 3.8) is 0 Å². The lowest BCUT2D eigenvalue weighted by molar-refractivity contribution is -0.274. The van der Waals surface area contributed by atoms with Gasteiger partial charge in [-0.05, 0) is 35.4 Å². The number of halogens is 5. The second-order valence-electron chi connectivity index (χ2n) is 6.81. The lowest BCUT2D eigenvalue weighted by Gasteiger charge is -2.35. The number of esters is 1. The van der Waals surface area contributed by atoms with Crippen LogP contribution < -0.4 is 19.5 Å². The zero-order valence-electron chi connectivity index (χ0n) is 17.5. The summed E-state index contributed by atoms with van der Waals surface area (Å²) in [6, 6.07) is 10.9. The molecular formula is C21H25Cl2F3N2O4. The Bertz CT molecular complexity index is 876. The maximum Gasteiger partial charge on any atom is 0.573 e. The molecule has 1 N–H and O–H groups in total. The lowest BCUT2D eigenvalue weighted by Crippen LogP contribution is -2.45. The molecule has 2 aromatic carbocycles. The van der Waals surface area contributed by atoms with Crippen LogP contribution in [0.3, 0.4) is 0 Å². The molecule has 1 heterocycles. The summed E-state index contributed by atoms with van der Waals surface area (Å²) in [6.07, 6.45) is -4.74. The molecular weight excluding hydrogens is 472 g/mol. The van der Waals surface area contributed by atoms with E-state index in [1.54, 1.807) is 24.3 Å². The van der Waals surface area contributed by atoms with Gasteiger partial charge in [-0.1, -0.05) is 18.2 Å². The number of hydrogen-bond donors (Lipinski definition) is 1. The summed E-state index contributed by atoms with van der Waals surface area (Å²) in [5.74, 6) is -0.0188. The molecule has 0 unspecified atom stereocenters. The van der Waals surface area contributed by atoms with Crippen molar-refractivity contribution in [1.29, 1.82) is 0 Å². The van der Waals surface area contributed by atoms with Gasteiger partial charge in [-0.15, -0.1) is 38.0 Å². The minimum Gasteiger partial charge on any atom is -0.493 e. The van der Waals surface area contributed by atoms with Crippen LogP contribution in [0, 0.1) is 0 Å². The van der Waals surface area contributed by atoms with E-state index in [2.05, 4.69) is 15.0 Å². The number of ether oxygens (including phenoxy) is 3. The Labute approximate surface area is 196 Å². The molecule has 0 aromatic heterocycles. The maximum atomic E-state index is 12.5. The van der Waals surface area contributed by atoms with Crippen LogP contribution >= 0.6 is 24.8 Å². The molecule has 6 nitrogen and oxygen atoms in total. The van der Waals surface area contributed by atoms with Crippen LogP contribution in [0.2, 0.25) is 0 Å². The van der Waals surface area contributed by atoms with Crippen LogP contribution in [0.5, 0.6) is 17.2 Å². The Morgan fingerprint density at radius 3 is 2.12 bits per heavy atom. The van der Waals surface area contributed by atoms with Crippen molar-refractivity contribution in [2.24, 2.45) is 0 Å². The Balaban J connectivity index is 0.00000256. The van der Waals surface area contributed by atoms with Crippen LogP contribution in [0.15, 0.2) is 42.5 Å². The molecule has 0 saturated carbocycles. The highest BCUT2D eigenvalue weighted by Crippen LogP contribution is 2.36. The van der Waals surface area contributed by atoms with Crippen molar-refractivity contribution in [1.82, 2.24) is 10.2 Å². The topological polar surface area (TPSA) is 60.0 Å². The van der Waals surface area contributed by atoms with Crippen molar-refractivity contribution in [2.45, 2.75) is 19.3 Å². The monoisotopic (exact) mass is 496 g/mol. The van der Waals surface area contributed by atoms with Crippen molar-refractivity contribution in [3.8, 4) is 17.2 Å². The molecule has 1 atom stereocenters. The number of hydrogen-bond acceptors (Lipinski definition) is 6. The Morgan fingerprint density at radius 1 is 1.00 bits per heavy atom. The molecule has 178 valence electrons. The number of nitrogens with zero attached hydrogens (tertiary/aromatic N) is 1. The molecule has 0 amide bonds. The maximum absolute atomic E-state index is 12.5. The SMILES string of the molecule is COc1cc([C@@H](c2ccc(OC(F)(F)F)cc2)N2CCNCC2)ccc1OC(C)=O.Cl.Cl. The smallest absolute Gasteiger partial charge is 0.493 e. The largest absolute Gasteiger partial charge is 0.573 e. The number of carbonyl (C=O) groups excluding carboxylic acids is 1. The normalized spacial score (nSPS) is 15.0. The Morgan fingerprint density at radius 2 is 1.59 bits per heavy atom. The first-order valence-electron chi connectivity index (χ1n) is 9.43. The minimum absolute atomic E-state index is 0. The van der Waals surface area contributed by atoms with Gasteiger partial charge in [0.15, 0.2) is 11.5 Å². The van der Waals surface area contributed by atoms with Crippen LogP contribution in [-0.4, -0.2) is 50.5 Å². The molecule has 1 aliphatic rings. The third-order valence-corrected chi connectivity index (χ3v) is 4.70. The third-order valence-electron chi connectivity index (χ3n) is 4.70. The van der Waals surface area contributed by atoms with Gasteiger partial charge in [0.1, 0.15) is 5.75 Å². The Hall–Kier alpha value is -2.20. The van der Waals surface area contributed by atoms with E-state index in [1.165, 1.54) is 26.2 Å². The van der Waals surface area contributed by atoms with Crippen molar-refractivity contribution in [2.75, 3.05) is 33.3 Å². The van der Waals surface area contributed by atoms with Gasteiger partial charge in [0.2, 0.25) is 0 Å². The fraction of sp³-hybridized carbons (Fsp3) is 0.381. The molecule has 11 heteroatoms. The van der Waals surface area contributed by atoms with E-state index in [0.29, 0.717) is 11.5 Å². The van der Waals surface area contributed by atoms with Crippen molar-refractivity contribution < 1.29 is 32.2 Å². The van der Waals surface area contributed by atoms with E-state index < -0.39 is 12.3 Å². The number of piperazine rings is 1. The van der Waals surface area contributed by atoms with Crippen LogP contribution in [0.1, 0.15) is 24.1 Å². The molecule has 32 heavy (non-hydrogen) atoms. The highest BCUT2D eigenvalue weighted by Gasteiger charge is 2.31. The average molecular weight is 497 g/mol. The third kappa shape index (κ3) is 7.44. The van der Waals surface area contributed by atoms with Gasteiger partial charge in [0, 0.05) is 33.1 Å². The van der Waals surface area contributed by atoms with Crippen LogP contribution in [0.4, 0.5) is 13.2 Å². The van der Waals surface area contributed by atoms with Gasteiger partial charge in [0.25, 0.3) is 0 Å². The molecule has 0 bridgehead atoms. The van der Waals surface area contributed by atoms with Gasteiger partial charge < -0.3 is 19.5 Å². The highest BCUT2D eigenvalue weighted by atomic mass is 35.5. The summed E-state index contributed by atoms with van der Waals surface area (Å²) in [4.78, 5) is 13.5. The van der Waals surface area contributed by atoms with Gasteiger partial charge in [-0.3, -0.25) is 9.69 Å². The summed E-state index contributed by atoms with van der Waals surface area (Å²) in [5, 5.41) is 3.29. The molecule has 0 spiro atoms. The molecule has 0 radical (unpaired) electrons. The number of nitrogens with one attached hydrogen (secondary N) is 1. The first kappa shape index (κ1) is 27.8. The molecule has 1 aliphatic heterocycles. The number of methoxy groups -OCH3 is 1. The number of benzene rings is 2. The summed E-state index contributed by atoms with van der Waals surface area (Å²) < 4.78 is 52.0. The predicted molar refractivity (Wildman–Crippen MR) is 118 cm³/mol. The van der Waals surface area contributed by atoms with Gasteiger partial charge in [-0.25, -0.2) is 0 Å². The second-order valence-corrected chi connectivity index (χ2v) is 6.81. The first-order chi connectivity index (χ1) is 14.3. The van der Waals surface area contributed by atoms with Gasteiger partial charge >= 0.3 is 12.3 Å². The molecule has 1 saturated heterocycles. The molecule has 3 rings (SSSR count). The number of alkyl halides is 3. The zero-order valence-corrected chi connectivity index (χ0v) is 19.1. The predicted octanol–water partition coefficient (Wildman–Crippen LogP) is 4.36. The average Bonchev–Trinajstić information content (AvgIpc) is 2.70. The van der Waals surface area contributed by atoms with E-state index >= 15 is 0 Å². The fourth-order valence-corrected chi connectivity index (χ4v) is 3.50. The summed E-state index contributed by atoms with van der Waals surface area (Å²) >= 11 is 0. The summed E-state index contributed by atoms with van der Waals surface area (Å²) in [6.45, 7) is 4.43. The van der Waals surface area contributed by atoms with E-state index in [0.717, 1.165) is 37.3 Å². The number of rotatable bonds is 6. The first-order valence-corrected chi connectivity index (χ1v) is 9.43. The standard InChI is InChI=1S/C21H23F3N2O4.2ClH/c1-14(27)29-18-8-5-16(13-19(18)28-2)20(26-11-9-25-10-12-26)15-3-6-17(7-4-15)30-21(22,23)24;;/h3-8,13,20,25H,9-12H2,1-2H3;2*1H/t20-;;/m1../s1. The highest BCUT2D eigenvalue weighted by molar-refractivity contribution is 5.85. The zero-order chi connectivity index (χ0) is 21.7. The minimum atomic E-state index is -4.74. The van der Waals surface area contributed by atoms with Crippen LogP contribution in [0.25, 0.3) is 0 Å². The van der Waals surface area contributed by atoms with E-state index in [4.69, 9.17) is 9.47 Å². The number of carbonyl (C=O) groups is 1. The lowest BCUT2D eigenvalue weighted by atomic mass is 9.96. The van der Waals surface area contributed by atoms with Crippen molar-refractivity contribution in [3.05, 3.63) is 53.6 Å². The van der Waals surface area contributed by atoms with E-state index in [9.17, 15) is 18.0 Å². The molecule has 2 aromatic rings. The van der Waals surface area contributed by atoms with Gasteiger partial charge in [0.05, 0.1) is 13.2 Å². The summed E-state index contributed by atoms with van der Waals surface area (Å²) in [5.41, 5.74) is 1.68. The Kier molecular flexibility index (Phi) is 10.6. The summed E-state index contributed by atoms with van der Waals surface area (Å²) in [7, 11) is 1.48. The fourth-order valence-electron chi connectivity index (χ4n) is 3.50. The van der Waals surface area contributed by atoms with Gasteiger partial charge in [-0.2, -0.15) is 0 Å². The van der Waals surface area contributed by atoms with E-state index in [-0.39, 0.29) is 36.6 Å². The van der Waals surface area contributed by atoms with Crippen molar-refractivity contribution >= 4 is 30.8 Å². The van der Waals surface area contributed by atoms with E-state index in [1.807, 2.05) is 6.07 Å². The quantitative estimate of drug-likeness (QED) is 0.473. The van der Waals surface area contributed by atoms with Crippen LogP contribution in [-0.2, 0) is 4.79 Å².